The molecular weight excluding hydrogens is 349 g/mol. The summed E-state index contributed by atoms with van der Waals surface area (Å²) in [5.74, 6) is -1.79. The maximum absolute atomic E-state index is 14.6. The summed E-state index contributed by atoms with van der Waals surface area (Å²) in [5, 5.41) is 9.28. The second-order valence-electron chi connectivity index (χ2n) is 6.07. The third kappa shape index (κ3) is 3.48. The fraction of sp³-hybridized carbons (Fsp3) is 0.412. The van der Waals surface area contributed by atoms with Crippen molar-refractivity contribution in [2.24, 2.45) is 0 Å². The Morgan fingerprint density at radius 2 is 1.88 bits per heavy atom. The van der Waals surface area contributed by atoms with Gasteiger partial charge in [-0.25, -0.2) is 9.18 Å². The Balaban J connectivity index is 0.00000225. The molecule has 0 radical (unpaired) electrons. The number of aryl methyl sites for hydroxylation is 1. The first-order valence-electron chi connectivity index (χ1n) is 7.96. The SMILES string of the molecule is CCn1cc(C(=O)O)c(=O)c2cc(F)c(N3CCN(C)CC3)cc21.Cl. The van der Waals surface area contributed by atoms with Crippen molar-refractivity contribution in [2.75, 3.05) is 38.1 Å². The van der Waals surface area contributed by atoms with Gasteiger partial charge in [-0.05, 0) is 26.1 Å². The molecule has 8 heteroatoms. The van der Waals surface area contributed by atoms with Crippen molar-refractivity contribution in [2.45, 2.75) is 13.5 Å². The summed E-state index contributed by atoms with van der Waals surface area (Å²) in [4.78, 5) is 27.7. The summed E-state index contributed by atoms with van der Waals surface area (Å²) >= 11 is 0. The van der Waals surface area contributed by atoms with Gasteiger partial charge in [0.15, 0.2) is 0 Å². The Hall–Kier alpha value is -2.12. The highest BCUT2D eigenvalue weighted by Crippen LogP contribution is 2.26. The minimum atomic E-state index is -1.30. The Bertz CT molecular complexity index is 860. The Morgan fingerprint density at radius 1 is 1.24 bits per heavy atom. The van der Waals surface area contributed by atoms with Crippen molar-refractivity contribution in [3.8, 4) is 0 Å². The van der Waals surface area contributed by atoms with Crippen LogP contribution in [-0.2, 0) is 6.54 Å². The predicted molar refractivity (Wildman–Crippen MR) is 97.8 cm³/mol. The van der Waals surface area contributed by atoms with Gasteiger partial charge in [-0.1, -0.05) is 0 Å². The molecule has 2 aromatic rings. The maximum atomic E-state index is 14.6. The van der Waals surface area contributed by atoms with Gasteiger partial charge in [0.25, 0.3) is 0 Å². The molecule has 2 heterocycles. The standard InChI is InChI=1S/C17H20FN3O3.ClH/c1-3-20-10-12(17(23)24)16(22)11-8-13(18)15(9-14(11)20)21-6-4-19(2)5-7-21;/h8-10H,3-7H2,1-2H3,(H,23,24);1H. The number of pyridine rings is 1. The third-order valence-electron chi connectivity index (χ3n) is 4.56. The van der Waals surface area contributed by atoms with Gasteiger partial charge in [-0.3, -0.25) is 4.79 Å². The van der Waals surface area contributed by atoms with E-state index in [0.29, 0.717) is 30.8 Å². The second kappa shape index (κ2) is 7.41. The van der Waals surface area contributed by atoms with Crippen molar-refractivity contribution < 1.29 is 14.3 Å². The fourth-order valence-electron chi connectivity index (χ4n) is 3.10. The Kier molecular flexibility index (Phi) is 5.69. The molecule has 1 fully saturated rings. The molecule has 0 saturated carbocycles. The van der Waals surface area contributed by atoms with Crippen LogP contribution in [0, 0.1) is 5.82 Å². The lowest BCUT2D eigenvalue weighted by Gasteiger charge is -2.34. The largest absolute Gasteiger partial charge is 0.477 e. The number of carboxylic acids is 1. The van der Waals surface area contributed by atoms with Crippen LogP contribution in [0.2, 0.25) is 0 Å². The number of carboxylic acid groups (broad SMARTS) is 1. The quantitative estimate of drug-likeness (QED) is 0.896. The van der Waals surface area contributed by atoms with E-state index in [1.807, 2.05) is 18.9 Å². The highest BCUT2D eigenvalue weighted by Gasteiger charge is 2.21. The summed E-state index contributed by atoms with van der Waals surface area (Å²) in [7, 11) is 2.02. The van der Waals surface area contributed by atoms with Crippen LogP contribution in [-0.4, -0.2) is 53.8 Å². The minimum Gasteiger partial charge on any atom is -0.477 e. The molecule has 0 bridgehead atoms. The maximum Gasteiger partial charge on any atom is 0.341 e. The van der Waals surface area contributed by atoms with E-state index < -0.39 is 17.2 Å². The van der Waals surface area contributed by atoms with E-state index in [2.05, 4.69) is 4.90 Å². The van der Waals surface area contributed by atoms with E-state index in [4.69, 9.17) is 0 Å². The fourth-order valence-corrected chi connectivity index (χ4v) is 3.10. The number of halogens is 2. The molecule has 0 atom stereocenters. The average molecular weight is 370 g/mol. The molecule has 6 nitrogen and oxygen atoms in total. The van der Waals surface area contributed by atoms with E-state index in [-0.39, 0.29) is 23.4 Å². The van der Waals surface area contributed by atoms with Crippen molar-refractivity contribution >= 4 is 35.0 Å². The number of hydrogen-bond acceptors (Lipinski definition) is 4. The van der Waals surface area contributed by atoms with Gasteiger partial charge in [0.1, 0.15) is 11.4 Å². The minimum absolute atomic E-state index is 0. The molecule has 1 aromatic carbocycles. The second-order valence-corrected chi connectivity index (χ2v) is 6.07. The van der Waals surface area contributed by atoms with Crippen molar-refractivity contribution in [1.82, 2.24) is 9.47 Å². The number of rotatable bonds is 3. The number of nitrogens with zero attached hydrogens (tertiary/aromatic N) is 3. The number of piperazine rings is 1. The summed E-state index contributed by atoms with van der Waals surface area (Å²) in [6.07, 6.45) is 1.33. The van der Waals surface area contributed by atoms with Gasteiger partial charge in [0, 0.05) is 44.3 Å². The molecule has 1 aromatic heterocycles. The van der Waals surface area contributed by atoms with E-state index in [0.717, 1.165) is 13.1 Å². The van der Waals surface area contributed by atoms with Gasteiger partial charge >= 0.3 is 5.97 Å². The van der Waals surface area contributed by atoms with Crippen molar-refractivity contribution in [1.29, 1.82) is 0 Å². The van der Waals surface area contributed by atoms with Gasteiger partial charge in [-0.15, -0.1) is 12.4 Å². The van der Waals surface area contributed by atoms with Crippen LogP contribution >= 0.6 is 12.4 Å². The Morgan fingerprint density at radius 3 is 2.44 bits per heavy atom. The zero-order valence-electron chi connectivity index (χ0n) is 14.2. The van der Waals surface area contributed by atoms with Crippen LogP contribution in [0.25, 0.3) is 10.9 Å². The average Bonchev–Trinajstić information content (AvgIpc) is 2.56. The van der Waals surface area contributed by atoms with Gasteiger partial charge in [0.2, 0.25) is 5.43 Å². The zero-order valence-corrected chi connectivity index (χ0v) is 15.0. The number of anilines is 1. The van der Waals surface area contributed by atoms with E-state index in [1.165, 1.54) is 12.3 Å². The highest BCUT2D eigenvalue weighted by molar-refractivity contribution is 5.93. The first kappa shape index (κ1) is 19.2. The van der Waals surface area contributed by atoms with Crippen LogP contribution in [0.1, 0.15) is 17.3 Å². The lowest BCUT2D eigenvalue weighted by atomic mass is 10.1. The van der Waals surface area contributed by atoms with E-state index in [1.54, 1.807) is 10.6 Å². The number of benzene rings is 1. The molecule has 1 aliphatic rings. The van der Waals surface area contributed by atoms with Gasteiger partial charge in [-0.2, -0.15) is 0 Å². The zero-order chi connectivity index (χ0) is 17.4. The molecule has 1 N–H and O–H groups in total. The van der Waals surface area contributed by atoms with Crippen LogP contribution in [0.3, 0.4) is 0 Å². The third-order valence-corrected chi connectivity index (χ3v) is 4.56. The molecule has 25 heavy (non-hydrogen) atoms. The molecule has 0 amide bonds. The lowest BCUT2D eigenvalue weighted by molar-refractivity contribution is 0.0695. The van der Waals surface area contributed by atoms with Crippen LogP contribution in [0.15, 0.2) is 23.1 Å². The molecule has 0 unspecified atom stereocenters. The monoisotopic (exact) mass is 369 g/mol. The first-order valence-corrected chi connectivity index (χ1v) is 7.96. The molecule has 136 valence electrons. The van der Waals surface area contributed by atoms with E-state index >= 15 is 0 Å². The van der Waals surface area contributed by atoms with Crippen LogP contribution in [0.5, 0.6) is 0 Å². The van der Waals surface area contributed by atoms with E-state index in [9.17, 15) is 19.1 Å². The normalized spacial score (nSPS) is 15.2. The number of likely N-dealkylation sites (N-methyl/N-ethyl adjacent to an activating group) is 1. The lowest BCUT2D eigenvalue weighted by Crippen LogP contribution is -2.44. The molecule has 1 saturated heterocycles. The summed E-state index contributed by atoms with van der Waals surface area (Å²) in [5.41, 5.74) is 0.0326. The summed E-state index contributed by atoms with van der Waals surface area (Å²) in [6, 6.07) is 2.83. The molecular formula is C17H21ClFN3O3. The molecule has 0 spiro atoms. The molecule has 0 aliphatic carbocycles. The smallest absolute Gasteiger partial charge is 0.341 e. The first-order chi connectivity index (χ1) is 11.4. The number of fused-ring (bicyclic) bond motifs is 1. The summed E-state index contributed by atoms with van der Waals surface area (Å²) < 4.78 is 16.3. The Labute approximate surface area is 150 Å². The van der Waals surface area contributed by atoms with Gasteiger partial charge < -0.3 is 19.5 Å². The molecule has 3 rings (SSSR count). The van der Waals surface area contributed by atoms with Crippen LogP contribution in [0.4, 0.5) is 10.1 Å². The van der Waals surface area contributed by atoms with Gasteiger partial charge in [0.05, 0.1) is 11.2 Å². The van der Waals surface area contributed by atoms with Crippen molar-refractivity contribution in [3.63, 3.8) is 0 Å². The topological polar surface area (TPSA) is 65.8 Å². The van der Waals surface area contributed by atoms with Crippen molar-refractivity contribution in [3.05, 3.63) is 39.9 Å². The number of hydrogen-bond donors (Lipinski definition) is 1. The van der Waals surface area contributed by atoms with Crippen LogP contribution < -0.4 is 10.3 Å². The molecule has 1 aliphatic heterocycles. The summed E-state index contributed by atoms with van der Waals surface area (Å²) in [6.45, 7) is 5.45. The number of carbonyl (C=O) groups is 1. The highest BCUT2D eigenvalue weighted by atomic mass is 35.5. The number of aromatic nitrogens is 1. The number of aromatic carboxylic acids is 1. The predicted octanol–water partition coefficient (Wildman–Crippen LogP) is 2.03.